The molecular formula is C18H17BrN4. The minimum atomic E-state index is 0.563. The van der Waals surface area contributed by atoms with Gasteiger partial charge in [0.1, 0.15) is 5.82 Å². The molecule has 4 nitrogen and oxygen atoms in total. The fourth-order valence-corrected chi connectivity index (χ4v) is 2.79. The number of hydrogen-bond donors (Lipinski definition) is 2. The monoisotopic (exact) mass is 368 g/mol. The Morgan fingerprint density at radius 2 is 1.65 bits per heavy atom. The summed E-state index contributed by atoms with van der Waals surface area (Å²) in [4.78, 5) is 8.98. The third-order valence-corrected chi connectivity index (χ3v) is 3.93. The van der Waals surface area contributed by atoms with Crippen LogP contribution in [-0.2, 0) is 0 Å². The summed E-state index contributed by atoms with van der Waals surface area (Å²) in [5, 5.41) is 6.55. The number of aryl methyl sites for hydroxylation is 2. The van der Waals surface area contributed by atoms with Crippen LogP contribution in [-0.4, -0.2) is 9.97 Å². The predicted octanol–water partition coefficient (Wildman–Crippen LogP) is 5.34. The minimum absolute atomic E-state index is 0.563. The first-order valence-corrected chi connectivity index (χ1v) is 8.10. The van der Waals surface area contributed by atoms with E-state index in [4.69, 9.17) is 0 Å². The van der Waals surface area contributed by atoms with Gasteiger partial charge in [-0.05, 0) is 59.6 Å². The molecule has 0 saturated heterocycles. The van der Waals surface area contributed by atoms with Crippen LogP contribution in [0.15, 0.2) is 59.1 Å². The summed E-state index contributed by atoms with van der Waals surface area (Å²) in [6.45, 7) is 4.01. The van der Waals surface area contributed by atoms with Gasteiger partial charge in [0.15, 0.2) is 0 Å². The first-order chi connectivity index (χ1) is 11.1. The topological polar surface area (TPSA) is 49.8 Å². The maximum atomic E-state index is 4.53. The van der Waals surface area contributed by atoms with Crippen molar-refractivity contribution >= 4 is 39.1 Å². The zero-order chi connectivity index (χ0) is 16.2. The van der Waals surface area contributed by atoms with E-state index >= 15 is 0 Å². The normalized spacial score (nSPS) is 10.4. The van der Waals surface area contributed by atoms with Crippen LogP contribution in [0.2, 0.25) is 0 Å². The van der Waals surface area contributed by atoms with Crippen LogP contribution in [0, 0.1) is 13.8 Å². The Bertz CT molecular complexity index is 819. The summed E-state index contributed by atoms with van der Waals surface area (Å²) >= 11 is 3.56. The van der Waals surface area contributed by atoms with Gasteiger partial charge in [-0.15, -0.1) is 0 Å². The third kappa shape index (κ3) is 4.07. The van der Waals surface area contributed by atoms with Crippen molar-refractivity contribution < 1.29 is 0 Å². The average molecular weight is 369 g/mol. The lowest BCUT2D eigenvalue weighted by Gasteiger charge is -2.11. The van der Waals surface area contributed by atoms with Gasteiger partial charge in [-0.1, -0.05) is 24.3 Å². The molecule has 2 aromatic carbocycles. The van der Waals surface area contributed by atoms with Crippen LogP contribution >= 0.6 is 15.9 Å². The van der Waals surface area contributed by atoms with E-state index in [1.807, 2.05) is 55.5 Å². The summed E-state index contributed by atoms with van der Waals surface area (Å²) in [7, 11) is 0. The molecule has 5 heteroatoms. The number of halogens is 1. The summed E-state index contributed by atoms with van der Waals surface area (Å²) in [6, 6.07) is 18.0. The molecule has 0 saturated carbocycles. The van der Waals surface area contributed by atoms with Crippen LogP contribution in [0.3, 0.4) is 0 Å². The van der Waals surface area contributed by atoms with Gasteiger partial charge in [-0.3, -0.25) is 0 Å². The largest absolute Gasteiger partial charge is 0.340 e. The molecule has 0 radical (unpaired) electrons. The number of anilines is 4. The van der Waals surface area contributed by atoms with E-state index in [1.165, 1.54) is 5.56 Å². The highest BCUT2D eigenvalue weighted by molar-refractivity contribution is 9.10. The third-order valence-electron chi connectivity index (χ3n) is 3.27. The van der Waals surface area contributed by atoms with Gasteiger partial charge in [-0.25, -0.2) is 4.98 Å². The first-order valence-electron chi connectivity index (χ1n) is 7.31. The van der Waals surface area contributed by atoms with E-state index in [2.05, 4.69) is 49.5 Å². The molecule has 2 N–H and O–H groups in total. The Hall–Kier alpha value is -2.40. The quantitative estimate of drug-likeness (QED) is 0.652. The number of aromatic nitrogens is 2. The maximum absolute atomic E-state index is 4.53. The Kier molecular flexibility index (Phi) is 4.57. The van der Waals surface area contributed by atoms with E-state index in [0.717, 1.165) is 27.4 Å². The van der Waals surface area contributed by atoms with Crippen molar-refractivity contribution in [1.29, 1.82) is 0 Å². The Balaban J connectivity index is 1.85. The first kappa shape index (κ1) is 15.5. The highest BCUT2D eigenvalue weighted by atomic mass is 79.9. The standard InChI is InChI=1S/C18H17BrN4/c1-12-8-9-16(15(19)10-12)22-18-20-13(2)11-17(23-18)21-14-6-4-3-5-7-14/h3-11H,1-2H3,(H2,20,21,22,23). The van der Waals surface area contributed by atoms with Crippen molar-refractivity contribution in [2.75, 3.05) is 10.6 Å². The summed E-state index contributed by atoms with van der Waals surface area (Å²) in [5.74, 6) is 1.32. The molecule has 1 heterocycles. The SMILES string of the molecule is Cc1ccc(Nc2nc(C)cc(Nc3ccccc3)n2)c(Br)c1. The van der Waals surface area contributed by atoms with Gasteiger partial charge in [0.25, 0.3) is 0 Å². The van der Waals surface area contributed by atoms with Crippen LogP contribution in [0.25, 0.3) is 0 Å². The average Bonchev–Trinajstić information content (AvgIpc) is 2.50. The summed E-state index contributed by atoms with van der Waals surface area (Å²) in [6.07, 6.45) is 0. The van der Waals surface area contributed by atoms with E-state index in [-0.39, 0.29) is 0 Å². The molecule has 3 aromatic rings. The number of nitrogens with zero attached hydrogens (tertiary/aromatic N) is 2. The number of rotatable bonds is 4. The van der Waals surface area contributed by atoms with Gasteiger partial charge in [-0.2, -0.15) is 4.98 Å². The van der Waals surface area contributed by atoms with Crippen LogP contribution in [0.1, 0.15) is 11.3 Å². The second-order valence-electron chi connectivity index (χ2n) is 5.32. The molecule has 0 fully saturated rings. The van der Waals surface area contributed by atoms with Gasteiger partial charge >= 0.3 is 0 Å². The summed E-state index contributed by atoms with van der Waals surface area (Å²) < 4.78 is 0.986. The Morgan fingerprint density at radius 3 is 2.39 bits per heavy atom. The minimum Gasteiger partial charge on any atom is -0.340 e. The lowest BCUT2D eigenvalue weighted by molar-refractivity contribution is 1.11. The fourth-order valence-electron chi connectivity index (χ4n) is 2.20. The highest BCUT2D eigenvalue weighted by Crippen LogP contribution is 2.26. The molecule has 3 rings (SSSR count). The zero-order valence-corrected chi connectivity index (χ0v) is 14.6. The van der Waals surface area contributed by atoms with Crippen molar-refractivity contribution in [1.82, 2.24) is 9.97 Å². The molecule has 0 unspecified atom stereocenters. The van der Waals surface area contributed by atoms with Gasteiger partial charge in [0.2, 0.25) is 5.95 Å². The molecule has 0 aliphatic heterocycles. The number of nitrogens with one attached hydrogen (secondary N) is 2. The van der Waals surface area contributed by atoms with Crippen molar-refractivity contribution in [3.63, 3.8) is 0 Å². The summed E-state index contributed by atoms with van der Waals surface area (Å²) in [5.41, 5.74) is 4.02. The fraction of sp³-hybridized carbons (Fsp3) is 0.111. The van der Waals surface area contributed by atoms with Crippen LogP contribution < -0.4 is 10.6 Å². The maximum Gasteiger partial charge on any atom is 0.229 e. The van der Waals surface area contributed by atoms with Crippen LogP contribution in [0.5, 0.6) is 0 Å². The van der Waals surface area contributed by atoms with Crippen molar-refractivity contribution in [2.45, 2.75) is 13.8 Å². The van der Waals surface area contributed by atoms with Gasteiger partial charge in [0.05, 0.1) is 5.69 Å². The van der Waals surface area contributed by atoms with Crippen molar-refractivity contribution in [3.8, 4) is 0 Å². The molecule has 0 bridgehead atoms. The molecule has 0 aliphatic carbocycles. The number of benzene rings is 2. The van der Waals surface area contributed by atoms with E-state index < -0.39 is 0 Å². The molecule has 23 heavy (non-hydrogen) atoms. The van der Waals surface area contributed by atoms with Gasteiger partial charge in [0, 0.05) is 21.9 Å². The number of hydrogen-bond acceptors (Lipinski definition) is 4. The lowest BCUT2D eigenvalue weighted by atomic mass is 10.2. The smallest absolute Gasteiger partial charge is 0.229 e. The molecule has 116 valence electrons. The molecule has 0 atom stereocenters. The number of para-hydroxylation sites is 1. The van der Waals surface area contributed by atoms with Crippen LogP contribution in [0.4, 0.5) is 23.1 Å². The zero-order valence-electron chi connectivity index (χ0n) is 13.0. The second kappa shape index (κ2) is 6.79. The second-order valence-corrected chi connectivity index (χ2v) is 6.17. The molecule has 0 spiro atoms. The highest BCUT2D eigenvalue weighted by Gasteiger charge is 2.06. The van der Waals surface area contributed by atoms with E-state index in [0.29, 0.717) is 5.95 Å². The van der Waals surface area contributed by atoms with E-state index in [9.17, 15) is 0 Å². The van der Waals surface area contributed by atoms with E-state index in [1.54, 1.807) is 0 Å². The molecular weight excluding hydrogens is 352 g/mol. The van der Waals surface area contributed by atoms with Crippen molar-refractivity contribution in [3.05, 3.63) is 70.3 Å². The Morgan fingerprint density at radius 1 is 0.870 bits per heavy atom. The predicted molar refractivity (Wildman–Crippen MR) is 98.7 cm³/mol. The molecule has 0 amide bonds. The van der Waals surface area contributed by atoms with Crippen molar-refractivity contribution in [2.24, 2.45) is 0 Å². The molecule has 0 aliphatic rings. The van der Waals surface area contributed by atoms with Gasteiger partial charge < -0.3 is 10.6 Å². The Labute approximate surface area is 144 Å². The lowest BCUT2D eigenvalue weighted by Crippen LogP contribution is -2.02. The molecule has 1 aromatic heterocycles.